The summed E-state index contributed by atoms with van der Waals surface area (Å²) in [5.74, 6) is 0.761. The van der Waals surface area contributed by atoms with E-state index < -0.39 is 4.92 Å². The average molecular weight is 266 g/mol. The van der Waals surface area contributed by atoms with Crippen LogP contribution in [0.5, 0.6) is 11.5 Å². The molecule has 1 aromatic rings. The minimum absolute atomic E-state index is 0.0231. The van der Waals surface area contributed by atoms with Gasteiger partial charge in [0.2, 0.25) is 5.75 Å². The van der Waals surface area contributed by atoms with Gasteiger partial charge in [0.15, 0.2) is 0 Å². The van der Waals surface area contributed by atoms with Gasteiger partial charge in [0.1, 0.15) is 11.9 Å². The van der Waals surface area contributed by atoms with Crippen LogP contribution in [0.25, 0.3) is 0 Å². The first kappa shape index (κ1) is 13.6. The van der Waals surface area contributed by atoms with Crippen molar-refractivity contribution in [3.05, 3.63) is 28.3 Å². The molecule has 0 spiro atoms. The second-order valence-corrected chi connectivity index (χ2v) is 4.70. The highest BCUT2D eigenvalue weighted by atomic mass is 16.6. The third kappa shape index (κ3) is 3.14. The second-order valence-electron chi connectivity index (χ2n) is 4.70. The molecule has 1 aliphatic carbocycles. The molecular weight excluding hydrogens is 248 g/mol. The standard InChI is InChI=1S/C13H18N2O4/c1-18-13-8-9(6-7-11(13)15(16)17)19-12-5-3-2-4-10(12)14/h6-8,10,12H,2-5,14H2,1H3. The molecule has 2 unspecified atom stereocenters. The van der Waals surface area contributed by atoms with E-state index in [0.29, 0.717) is 5.75 Å². The normalized spacial score (nSPS) is 22.8. The highest BCUT2D eigenvalue weighted by Crippen LogP contribution is 2.32. The molecule has 0 heterocycles. The van der Waals surface area contributed by atoms with Gasteiger partial charge in [-0.1, -0.05) is 6.42 Å². The minimum Gasteiger partial charge on any atom is -0.490 e. The molecule has 1 aliphatic rings. The van der Waals surface area contributed by atoms with Crippen LogP contribution < -0.4 is 15.2 Å². The first-order valence-corrected chi connectivity index (χ1v) is 6.36. The van der Waals surface area contributed by atoms with Crippen LogP contribution in [0.3, 0.4) is 0 Å². The molecule has 2 N–H and O–H groups in total. The molecule has 104 valence electrons. The first-order chi connectivity index (χ1) is 9.11. The van der Waals surface area contributed by atoms with Crippen LogP contribution in [-0.2, 0) is 0 Å². The van der Waals surface area contributed by atoms with Gasteiger partial charge in [-0.15, -0.1) is 0 Å². The van der Waals surface area contributed by atoms with E-state index in [0.717, 1.165) is 25.7 Å². The van der Waals surface area contributed by atoms with E-state index in [9.17, 15) is 10.1 Å². The van der Waals surface area contributed by atoms with Crippen LogP contribution in [0.4, 0.5) is 5.69 Å². The minimum atomic E-state index is -0.477. The molecule has 0 amide bonds. The number of ether oxygens (including phenoxy) is 2. The Balaban J connectivity index is 2.14. The monoisotopic (exact) mass is 266 g/mol. The summed E-state index contributed by atoms with van der Waals surface area (Å²) >= 11 is 0. The van der Waals surface area contributed by atoms with Crippen LogP contribution in [0.1, 0.15) is 25.7 Å². The zero-order chi connectivity index (χ0) is 13.8. The number of hydrogen-bond donors (Lipinski definition) is 1. The van der Waals surface area contributed by atoms with E-state index in [-0.39, 0.29) is 23.6 Å². The van der Waals surface area contributed by atoms with Crippen LogP contribution in [0.2, 0.25) is 0 Å². The molecule has 0 saturated heterocycles. The van der Waals surface area contributed by atoms with Crippen molar-refractivity contribution < 1.29 is 14.4 Å². The molecule has 0 radical (unpaired) electrons. The molecule has 6 nitrogen and oxygen atoms in total. The van der Waals surface area contributed by atoms with Crippen LogP contribution >= 0.6 is 0 Å². The van der Waals surface area contributed by atoms with E-state index in [1.165, 1.54) is 13.2 Å². The lowest BCUT2D eigenvalue weighted by Crippen LogP contribution is -2.41. The molecule has 2 atom stereocenters. The zero-order valence-electron chi connectivity index (χ0n) is 10.9. The maximum Gasteiger partial charge on any atom is 0.311 e. The average Bonchev–Trinajstić information content (AvgIpc) is 2.41. The van der Waals surface area contributed by atoms with Gasteiger partial charge >= 0.3 is 5.69 Å². The number of nitro groups is 1. The number of nitrogens with two attached hydrogens (primary N) is 1. The topological polar surface area (TPSA) is 87.6 Å². The second kappa shape index (κ2) is 5.88. The van der Waals surface area contributed by atoms with Crippen LogP contribution in [0, 0.1) is 10.1 Å². The molecule has 1 fully saturated rings. The van der Waals surface area contributed by atoms with Gasteiger partial charge in [-0.3, -0.25) is 10.1 Å². The van der Waals surface area contributed by atoms with Crippen molar-refractivity contribution >= 4 is 5.69 Å². The fourth-order valence-corrected chi connectivity index (χ4v) is 2.33. The van der Waals surface area contributed by atoms with Crippen molar-refractivity contribution in [1.82, 2.24) is 0 Å². The Hall–Kier alpha value is -1.82. The molecule has 0 aromatic heterocycles. The highest BCUT2D eigenvalue weighted by molar-refractivity contribution is 5.50. The molecule has 1 aromatic carbocycles. The predicted molar refractivity (Wildman–Crippen MR) is 70.5 cm³/mol. The van der Waals surface area contributed by atoms with Gasteiger partial charge in [-0.2, -0.15) is 0 Å². The SMILES string of the molecule is COc1cc(OC2CCCCC2N)ccc1[N+](=O)[O-]. The highest BCUT2D eigenvalue weighted by Gasteiger charge is 2.24. The van der Waals surface area contributed by atoms with Gasteiger partial charge in [-0.25, -0.2) is 0 Å². The lowest BCUT2D eigenvalue weighted by Gasteiger charge is -2.29. The Morgan fingerprint density at radius 1 is 1.37 bits per heavy atom. The van der Waals surface area contributed by atoms with Crippen molar-refractivity contribution in [3.8, 4) is 11.5 Å². The van der Waals surface area contributed by atoms with Gasteiger partial charge in [-0.05, 0) is 25.3 Å². The van der Waals surface area contributed by atoms with Gasteiger partial charge in [0, 0.05) is 18.2 Å². The zero-order valence-corrected chi connectivity index (χ0v) is 10.9. The van der Waals surface area contributed by atoms with E-state index in [1.807, 2.05) is 0 Å². The summed E-state index contributed by atoms with van der Waals surface area (Å²) in [6.07, 6.45) is 4.07. The fraction of sp³-hybridized carbons (Fsp3) is 0.538. The van der Waals surface area contributed by atoms with E-state index >= 15 is 0 Å². The summed E-state index contributed by atoms with van der Waals surface area (Å²) < 4.78 is 10.8. The molecule has 0 aliphatic heterocycles. The summed E-state index contributed by atoms with van der Waals surface area (Å²) in [4.78, 5) is 10.3. The van der Waals surface area contributed by atoms with Crippen LogP contribution in [0.15, 0.2) is 18.2 Å². The molecule has 0 bridgehead atoms. The molecule has 6 heteroatoms. The Labute approximate surface area is 111 Å². The Bertz CT molecular complexity index is 464. The van der Waals surface area contributed by atoms with Crippen molar-refractivity contribution in [2.45, 2.75) is 37.8 Å². The summed E-state index contributed by atoms with van der Waals surface area (Å²) in [7, 11) is 1.40. The van der Waals surface area contributed by atoms with E-state index in [4.69, 9.17) is 15.2 Å². The van der Waals surface area contributed by atoms with Gasteiger partial charge in [0.25, 0.3) is 0 Å². The largest absolute Gasteiger partial charge is 0.490 e. The van der Waals surface area contributed by atoms with Gasteiger partial charge < -0.3 is 15.2 Å². The Kier molecular flexibility index (Phi) is 4.21. The number of benzene rings is 1. The molecule has 2 rings (SSSR count). The van der Waals surface area contributed by atoms with Crippen LogP contribution in [-0.4, -0.2) is 24.2 Å². The van der Waals surface area contributed by atoms with E-state index in [2.05, 4.69) is 0 Å². The van der Waals surface area contributed by atoms with Gasteiger partial charge in [0.05, 0.1) is 12.0 Å². The lowest BCUT2D eigenvalue weighted by molar-refractivity contribution is -0.385. The Morgan fingerprint density at radius 2 is 2.11 bits per heavy atom. The fourth-order valence-electron chi connectivity index (χ4n) is 2.33. The number of methoxy groups -OCH3 is 1. The van der Waals surface area contributed by atoms with E-state index in [1.54, 1.807) is 12.1 Å². The Morgan fingerprint density at radius 3 is 2.74 bits per heavy atom. The molecule has 1 saturated carbocycles. The third-order valence-corrected chi connectivity index (χ3v) is 3.39. The first-order valence-electron chi connectivity index (χ1n) is 6.36. The maximum absolute atomic E-state index is 10.8. The molecular formula is C13H18N2O4. The van der Waals surface area contributed by atoms with Crippen molar-refractivity contribution in [1.29, 1.82) is 0 Å². The predicted octanol–water partition coefficient (Wildman–Crippen LogP) is 2.25. The summed E-state index contributed by atoms with van der Waals surface area (Å²) in [5.41, 5.74) is 5.94. The summed E-state index contributed by atoms with van der Waals surface area (Å²) in [5, 5.41) is 10.8. The maximum atomic E-state index is 10.8. The van der Waals surface area contributed by atoms with Crippen molar-refractivity contribution in [3.63, 3.8) is 0 Å². The number of nitrogens with zero attached hydrogens (tertiary/aromatic N) is 1. The lowest BCUT2D eigenvalue weighted by atomic mass is 9.93. The smallest absolute Gasteiger partial charge is 0.311 e. The summed E-state index contributed by atoms with van der Waals surface area (Å²) in [6.45, 7) is 0. The quantitative estimate of drug-likeness (QED) is 0.667. The number of hydrogen-bond acceptors (Lipinski definition) is 5. The van der Waals surface area contributed by atoms with Crippen molar-refractivity contribution in [2.75, 3.05) is 7.11 Å². The summed E-state index contributed by atoms with van der Waals surface area (Å²) in [6, 6.07) is 4.54. The number of rotatable bonds is 4. The van der Waals surface area contributed by atoms with Crippen molar-refractivity contribution in [2.24, 2.45) is 5.73 Å². The third-order valence-electron chi connectivity index (χ3n) is 3.39. The number of nitro benzene ring substituents is 1. The molecule has 19 heavy (non-hydrogen) atoms.